The van der Waals surface area contributed by atoms with E-state index in [1.54, 1.807) is 33.4 Å². The highest BCUT2D eigenvalue weighted by molar-refractivity contribution is 5.79. The summed E-state index contributed by atoms with van der Waals surface area (Å²) in [6, 6.07) is 8.61. The van der Waals surface area contributed by atoms with Gasteiger partial charge < -0.3 is 14.3 Å². The van der Waals surface area contributed by atoms with Crippen LogP contribution in [-0.2, 0) is 11.3 Å². The molecule has 1 amide bonds. The maximum absolute atomic E-state index is 13.9. The topological polar surface area (TPSA) is 58.8 Å². The van der Waals surface area contributed by atoms with Gasteiger partial charge >= 0.3 is 0 Å². The second kappa shape index (κ2) is 9.00. The number of hydrogen-bond donors (Lipinski definition) is 1. The largest absolute Gasteiger partial charge is 0.355 e. The quantitative estimate of drug-likeness (QED) is 0.649. The summed E-state index contributed by atoms with van der Waals surface area (Å²) in [5.74, 6) is -0.390. The lowest BCUT2D eigenvalue weighted by atomic mass is 10.0. The number of likely N-dealkylation sites (tertiary alicyclic amines) is 1. The zero-order valence-corrected chi connectivity index (χ0v) is 17.4. The molecule has 1 fully saturated rings. The van der Waals surface area contributed by atoms with Crippen LogP contribution in [0.25, 0.3) is 16.6 Å². The summed E-state index contributed by atoms with van der Waals surface area (Å²) in [5, 5.41) is 2.99. The minimum Gasteiger partial charge on any atom is -0.355 e. The normalized spacial score (nSPS) is 17.6. The molecule has 1 aromatic carbocycles. The highest BCUT2D eigenvalue weighted by atomic mass is 19.1. The Labute approximate surface area is 175 Å². The van der Waals surface area contributed by atoms with Crippen molar-refractivity contribution < 1.29 is 9.18 Å². The molecule has 160 valence electrons. The number of carbonyl (C=O) groups excluding carboxylic acids is 1. The minimum absolute atomic E-state index is 0.00744. The first-order chi connectivity index (χ1) is 14.5. The van der Waals surface area contributed by atoms with Gasteiger partial charge in [-0.05, 0) is 63.1 Å². The van der Waals surface area contributed by atoms with Gasteiger partial charge in [0.1, 0.15) is 11.3 Å². The molecule has 1 aliphatic heterocycles. The number of carbonyl (C=O) groups is 1. The highest BCUT2D eigenvalue weighted by Gasteiger charge is 2.17. The lowest BCUT2D eigenvalue weighted by molar-refractivity contribution is -0.121. The molecule has 0 unspecified atom stereocenters. The Morgan fingerprint density at radius 1 is 1.17 bits per heavy atom. The number of hydrogen-bond acceptors (Lipinski definition) is 3. The van der Waals surface area contributed by atoms with Gasteiger partial charge in [0.2, 0.25) is 5.91 Å². The van der Waals surface area contributed by atoms with Crippen LogP contribution in [0.5, 0.6) is 0 Å². The van der Waals surface area contributed by atoms with E-state index in [4.69, 9.17) is 0 Å². The monoisotopic (exact) mass is 412 g/mol. The summed E-state index contributed by atoms with van der Waals surface area (Å²) in [6.45, 7) is 5.24. The number of halogens is 1. The fourth-order valence-electron chi connectivity index (χ4n) is 4.47. The van der Waals surface area contributed by atoms with Crippen LogP contribution in [0.15, 0.2) is 41.3 Å². The molecule has 0 bridgehead atoms. The maximum Gasteiger partial charge on any atom is 0.275 e. The molecule has 6 nitrogen and oxygen atoms in total. The van der Waals surface area contributed by atoms with Crippen molar-refractivity contribution in [3.8, 4) is 0 Å². The van der Waals surface area contributed by atoms with E-state index < -0.39 is 0 Å². The zero-order valence-electron chi connectivity index (χ0n) is 17.4. The van der Waals surface area contributed by atoms with E-state index >= 15 is 0 Å². The standard InChI is InChI=1S/C23H29FN4O2/c1-17-6-2-3-12-26(17)15-11-25-22(29)8-5-14-28-21-16-18(24)9-10-19(21)27-13-4-7-20(27)23(28)30/h4,7,9-10,13,16-17H,2-3,5-6,8,11-12,14-15H2,1H3,(H,25,29)/t17-/m0/s1. The van der Waals surface area contributed by atoms with Gasteiger partial charge in [-0.2, -0.15) is 0 Å². The van der Waals surface area contributed by atoms with E-state index in [1.165, 1.54) is 31.4 Å². The lowest BCUT2D eigenvalue weighted by Gasteiger charge is -2.33. The number of aryl methyl sites for hydroxylation is 1. The predicted octanol–water partition coefficient (Wildman–Crippen LogP) is 3.16. The van der Waals surface area contributed by atoms with Gasteiger partial charge in [0.05, 0.1) is 11.0 Å². The van der Waals surface area contributed by atoms with Crippen LogP contribution >= 0.6 is 0 Å². The molecule has 1 aliphatic rings. The smallest absolute Gasteiger partial charge is 0.275 e. The van der Waals surface area contributed by atoms with E-state index in [9.17, 15) is 14.0 Å². The van der Waals surface area contributed by atoms with Crippen LogP contribution < -0.4 is 10.9 Å². The molecule has 7 heteroatoms. The summed E-state index contributed by atoms with van der Waals surface area (Å²) in [6.07, 6.45) is 6.41. The molecule has 0 radical (unpaired) electrons. The maximum atomic E-state index is 13.9. The van der Waals surface area contributed by atoms with Crippen molar-refractivity contribution in [1.29, 1.82) is 0 Å². The minimum atomic E-state index is -0.383. The van der Waals surface area contributed by atoms with Gasteiger partial charge in [0, 0.05) is 38.3 Å². The van der Waals surface area contributed by atoms with Gasteiger partial charge in [-0.3, -0.25) is 14.5 Å². The van der Waals surface area contributed by atoms with Crippen molar-refractivity contribution in [1.82, 2.24) is 19.2 Å². The van der Waals surface area contributed by atoms with Crippen molar-refractivity contribution in [3.05, 3.63) is 52.7 Å². The number of aromatic nitrogens is 2. The second-order valence-corrected chi connectivity index (χ2v) is 8.19. The first-order valence-electron chi connectivity index (χ1n) is 10.8. The molecular formula is C23H29FN4O2. The fourth-order valence-corrected chi connectivity index (χ4v) is 4.47. The third-order valence-corrected chi connectivity index (χ3v) is 6.15. The van der Waals surface area contributed by atoms with Crippen molar-refractivity contribution >= 4 is 22.5 Å². The Balaban J connectivity index is 1.37. The Bertz CT molecular complexity index is 1100. The first kappa shape index (κ1) is 20.6. The first-order valence-corrected chi connectivity index (χ1v) is 10.8. The third kappa shape index (κ3) is 4.26. The Hall–Kier alpha value is -2.67. The number of benzene rings is 1. The van der Waals surface area contributed by atoms with Gasteiger partial charge in [-0.1, -0.05) is 6.42 Å². The fraction of sp³-hybridized carbons (Fsp3) is 0.478. The molecule has 1 N–H and O–H groups in total. The van der Waals surface area contributed by atoms with Crippen LogP contribution in [-0.4, -0.2) is 45.5 Å². The van der Waals surface area contributed by atoms with E-state index in [0.717, 1.165) is 18.6 Å². The van der Waals surface area contributed by atoms with Crippen LogP contribution in [0, 0.1) is 5.82 Å². The third-order valence-electron chi connectivity index (χ3n) is 6.15. The second-order valence-electron chi connectivity index (χ2n) is 8.19. The lowest BCUT2D eigenvalue weighted by Crippen LogP contribution is -2.42. The molecule has 1 saturated heterocycles. The van der Waals surface area contributed by atoms with Crippen LogP contribution in [0.2, 0.25) is 0 Å². The average Bonchev–Trinajstić information content (AvgIpc) is 3.22. The van der Waals surface area contributed by atoms with Crippen LogP contribution in [0.4, 0.5) is 4.39 Å². The molecule has 3 heterocycles. The molecule has 3 aromatic rings. The van der Waals surface area contributed by atoms with Gasteiger partial charge in [-0.15, -0.1) is 0 Å². The van der Waals surface area contributed by atoms with E-state index in [-0.39, 0.29) is 17.3 Å². The Morgan fingerprint density at radius 2 is 2.03 bits per heavy atom. The van der Waals surface area contributed by atoms with Crippen molar-refractivity contribution in [2.24, 2.45) is 0 Å². The van der Waals surface area contributed by atoms with E-state index in [1.807, 2.05) is 0 Å². The van der Waals surface area contributed by atoms with Crippen LogP contribution in [0.1, 0.15) is 39.0 Å². The van der Waals surface area contributed by atoms with E-state index in [0.29, 0.717) is 43.0 Å². The summed E-state index contributed by atoms with van der Waals surface area (Å²) in [7, 11) is 0. The summed E-state index contributed by atoms with van der Waals surface area (Å²) in [5.41, 5.74) is 1.70. The van der Waals surface area contributed by atoms with Crippen molar-refractivity contribution in [2.45, 2.75) is 51.6 Å². The molecule has 1 atom stereocenters. The molecule has 0 spiro atoms. The van der Waals surface area contributed by atoms with Crippen molar-refractivity contribution in [3.63, 3.8) is 0 Å². The zero-order chi connectivity index (χ0) is 21.1. The number of piperidine rings is 1. The predicted molar refractivity (Wildman–Crippen MR) is 116 cm³/mol. The molecule has 30 heavy (non-hydrogen) atoms. The van der Waals surface area contributed by atoms with E-state index in [2.05, 4.69) is 17.1 Å². The Kier molecular flexibility index (Phi) is 6.18. The number of fused-ring (bicyclic) bond motifs is 3. The van der Waals surface area contributed by atoms with Gasteiger partial charge in [0.25, 0.3) is 5.56 Å². The molecule has 4 rings (SSSR count). The highest BCUT2D eigenvalue weighted by Crippen LogP contribution is 2.18. The average molecular weight is 413 g/mol. The van der Waals surface area contributed by atoms with Gasteiger partial charge in [-0.25, -0.2) is 4.39 Å². The number of rotatable bonds is 7. The molecule has 2 aromatic heterocycles. The van der Waals surface area contributed by atoms with Gasteiger partial charge in [0.15, 0.2) is 0 Å². The SMILES string of the molecule is C[C@H]1CCCCN1CCNC(=O)CCCn1c(=O)c2cccn2c2ccc(F)cc21. The molecular weight excluding hydrogens is 383 g/mol. The number of amides is 1. The molecule has 0 aliphatic carbocycles. The van der Waals surface area contributed by atoms with Crippen LogP contribution in [0.3, 0.4) is 0 Å². The summed E-state index contributed by atoms with van der Waals surface area (Å²) >= 11 is 0. The molecule has 0 saturated carbocycles. The number of nitrogens with one attached hydrogen (secondary N) is 1. The summed E-state index contributed by atoms with van der Waals surface area (Å²) in [4.78, 5) is 27.6. The summed E-state index contributed by atoms with van der Waals surface area (Å²) < 4.78 is 17.2. The Morgan fingerprint density at radius 3 is 2.87 bits per heavy atom. The number of nitrogens with zero attached hydrogens (tertiary/aromatic N) is 3. The van der Waals surface area contributed by atoms with Crippen molar-refractivity contribution in [2.75, 3.05) is 19.6 Å².